The van der Waals surface area contributed by atoms with E-state index in [4.69, 9.17) is 14.2 Å². The van der Waals surface area contributed by atoms with Gasteiger partial charge in [-0.15, -0.1) is 0 Å². The van der Waals surface area contributed by atoms with E-state index >= 15 is 0 Å². The fourth-order valence-corrected chi connectivity index (χ4v) is 7.81. The quantitative estimate of drug-likeness (QED) is 0.0346. The summed E-state index contributed by atoms with van der Waals surface area (Å²) in [7, 11) is 0. The van der Waals surface area contributed by atoms with Crippen LogP contribution in [-0.2, 0) is 23.8 Å². The lowest BCUT2D eigenvalue weighted by atomic mass is 10.1. The largest absolute Gasteiger partial charge is 0.462 e. The topological polar surface area (TPSA) is 61.8 Å². The summed E-state index contributed by atoms with van der Waals surface area (Å²) in [5.74, 6) is -0.406. The molecular weight excluding hydrogens is 765 g/mol. The number of hydrogen-bond donors (Lipinski definition) is 0. The van der Waals surface area contributed by atoms with Crippen LogP contribution in [-0.4, -0.2) is 37.9 Å². The Labute approximate surface area is 386 Å². The highest BCUT2D eigenvalue weighted by atomic mass is 16.6. The van der Waals surface area contributed by atoms with Gasteiger partial charge in [0.2, 0.25) is 0 Å². The zero-order valence-electron chi connectivity index (χ0n) is 41.6. The summed E-state index contributed by atoms with van der Waals surface area (Å²) in [5.41, 5.74) is 0. The number of unbranched alkanes of at least 4 members (excludes halogenated alkanes) is 31. The third-order valence-electron chi connectivity index (χ3n) is 11.8. The van der Waals surface area contributed by atoms with Crippen LogP contribution in [0.1, 0.15) is 278 Å². The number of esters is 2. The van der Waals surface area contributed by atoms with Gasteiger partial charge < -0.3 is 14.2 Å². The first-order valence-corrected chi connectivity index (χ1v) is 27.2. The lowest BCUT2D eigenvalue weighted by Gasteiger charge is -2.18. The maximum absolute atomic E-state index is 12.8. The molecule has 0 aliphatic carbocycles. The second-order valence-corrected chi connectivity index (χ2v) is 18.1. The van der Waals surface area contributed by atoms with Crippen LogP contribution in [0.15, 0.2) is 48.6 Å². The average molecular weight is 869 g/mol. The maximum Gasteiger partial charge on any atom is 0.306 e. The van der Waals surface area contributed by atoms with Crippen molar-refractivity contribution in [3.05, 3.63) is 48.6 Å². The Balaban J connectivity index is 4.20. The summed E-state index contributed by atoms with van der Waals surface area (Å²) in [4.78, 5) is 25.4. The van der Waals surface area contributed by atoms with Gasteiger partial charge in [-0.3, -0.25) is 9.59 Å². The van der Waals surface area contributed by atoms with Crippen molar-refractivity contribution >= 4 is 11.9 Å². The Morgan fingerprint density at radius 1 is 0.371 bits per heavy atom. The minimum atomic E-state index is -0.540. The van der Waals surface area contributed by atoms with Crippen molar-refractivity contribution in [2.24, 2.45) is 0 Å². The maximum atomic E-state index is 12.8. The molecule has 0 spiro atoms. The standard InChI is InChI=1S/C57H104O5/c1-4-7-10-13-16-19-22-24-26-27-28-29-30-32-34-37-40-43-46-49-52-60-53-55(62-57(59)51-48-45-42-39-35-21-18-15-12-9-6-3)54-61-56(58)50-47-44-41-38-36-33-31-25-23-20-17-14-11-8-5-2/h8,11,17,20,24-26,31,55H,4-7,9-10,12-16,18-19,21-23,27-30,32-54H2,1-3H3/b11-8-,20-17-,26-24-,31-25-. The van der Waals surface area contributed by atoms with Gasteiger partial charge in [-0.25, -0.2) is 0 Å². The van der Waals surface area contributed by atoms with E-state index in [9.17, 15) is 9.59 Å². The fraction of sp³-hybridized carbons (Fsp3) is 0.825. The average Bonchev–Trinajstić information content (AvgIpc) is 3.27. The molecule has 1 unspecified atom stereocenters. The molecule has 0 fully saturated rings. The predicted molar refractivity (Wildman–Crippen MR) is 270 cm³/mol. The summed E-state index contributed by atoms with van der Waals surface area (Å²) >= 11 is 0. The smallest absolute Gasteiger partial charge is 0.306 e. The summed E-state index contributed by atoms with van der Waals surface area (Å²) in [5, 5.41) is 0. The summed E-state index contributed by atoms with van der Waals surface area (Å²) < 4.78 is 17.4. The lowest BCUT2D eigenvalue weighted by Crippen LogP contribution is -2.30. The highest BCUT2D eigenvalue weighted by molar-refractivity contribution is 5.70. The molecule has 0 aromatic carbocycles. The molecule has 0 N–H and O–H groups in total. The Morgan fingerprint density at radius 2 is 0.726 bits per heavy atom. The molecular formula is C57H104O5. The van der Waals surface area contributed by atoms with Gasteiger partial charge in [0, 0.05) is 19.4 Å². The molecule has 0 aromatic rings. The molecule has 5 nitrogen and oxygen atoms in total. The van der Waals surface area contributed by atoms with E-state index in [-0.39, 0.29) is 25.2 Å². The van der Waals surface area contributed by atoms with E-state index in [1.54, 1.807) is 0 Å². The second kappa shape index (κ2) is 53.2. The highest BCUT2D eigenvalue weighted by Gasteiger charge is 2.17. The Bertz CT molecular complexity index is 1030. The van der Waals surface area contributed by atoms with Crippen LogP contribution in [0, 0.1) is 0 Å². The Hall–Kier alpha value is -2.14. The minimum absolute atomic E-state index is 0.0791. The number of ether oxygens (including phenoxy) is 3. The molecule has 0 saturated carbocycles. The zero-order chi connectivity index (χ0) is 44.9. The van der Waals surface area contributed by atoms with Gasteiger partial charge in [-0.1, -0.05) is 236 Å². The number of carbonyl (C=O) groups is 2. The number of rotatable bonds is 50. The van der Waals surface area contributed by atoms with Gasteiger partial charge in [0.25, 0.3) is 0 Å². The lowest BCUT2D eigenvalue weighted by molar-refractivity contribution is -0.163. The zero-order valence-corrected chi connectivity index (χ0v) is 41.6. The van der Waals surface area contributed by atoms with Crippen LogP contribution >= 0.6 is 0 Å². The van der Waals surface area contributed by atoms with E-state index in [2.05, 4.69) is 69.4 Å². The summed E-state index contributed by atoms with van der Waals surface area (Å²) in [6, 6.07) is 0. The van der Waals surface area contributed by atoms with E-state index in [1.165, 1.54) is 173 Å². The molecule has 1 atom stereocenters. The molecule has 5 heteroatoms. The van der Waals surface area contributed by atoms with Crippen molar-refractivity contribution in [2.45, 2.75) is 284 Å². The molecule has 0 amide bonds. The van der Waals surface area contributed by atoms with Gasteiger partial charge in [0.15, 0.2) is 6.10 Å². The van der Waals surface area contributed by atoms with Crippen molar-refractivity contribution in [3.8, 4) is 0 Å². The van der Waals surface area contributed by atoms with Crippen LogP contribution < -0.4 is 0 Å². The normalized spacial score (nSPS) is 12.5. The van der Waals surface area contributed by atoms with Gasteiger partial charge in [0.05, 0.1) is 6.61 Å². The van der Waals surface area contributed by atoms with Crippen molar-refractivity contribution in [1.29, 1.82) is 0 Å². The molecule has 0 aliphatic rings. The van der Waals surface area contributed by atoms with Gasteiger partial charge in [-0.05, 0) is 77.0 Å². The van der Waals surface area contributed by atoms with E-state index in [1.807, 2.05) is 0 Å². The third kappa shape index (κ3) is 50.5. The second-order valence-electron chi connectivity index (χ2n) is 18.1. The monoisotopic (exact) mass is 869 g/mol. The van der Waals surface area contributed by atoms with Crippen molar-refractivity contribution in [3.63, 3.8) is 0 Å². The Kier molecular flexibility index (Phi) is 51.4. The number of hydrogen-bond acceptors (Lipinski definition) is 5. The minimum Gasteiger partial charge on any atom is -0.462 e. The van der Waals surface area contributed by atoms with E-state index < -0.39 is 6.10 Å². The molecule has 62 heavy (non-hydrogen) atoms. The Morgan fingerprint density at radius 3 is 1.18 bits per heavy atom. The molecule has 0 bridgehead atoms. The molecule has 362 valence electrons. The van der Waals surface area contributed by atoms with Gasteiger partial charge in [0.1, 0.15) is 6.61 Å². The first-order valence-electron chi connectivity index (χ1n) is 27.2. The van der Waals surface area contributed by atoms with Gasteiger partial charge >= 0.3 is 11.9 Å². The van der Waals surface area contributed by atoms with Crippen LogP contribution in [0.4, 0.5) is 0 Å². The van der Waals surface area contributed by atoms with E-state index in [0.29, 0.717) is 19.4 Å². The first-order chi connectivity index (χ1) is 30.6. The van der Waals surface area contributed by atoms with Gasteiger partial charge in [-0.2, -0.15) is 0 Å². The van der Waals surface area contributed by atoms with Crippen LogP contribution in [0.2, 0.25) is 0 Å². The molecule has 0 radical (unpaired) electrons. The summed E-state index contributed by atoms with van der Waals surface area (Å²) in [6.45, 7) is 7.72. The number of allylic oxidation sites excluding steroid dienone is 8. The first kappa shape index (κ1) is 59.9. The fourth-order valence-electron chi connectivity index (χ4n) is 7.81. The molecule has 0 saturated heterocycles. The highest BCUT2D eigenvalue weighted by Crippen LogP contribution is 2.15. The third-order valence-corrected chi connectivity index (χ3v) is 11.8. The van der Waals surface area contributed by atoms with Crippen LogP contribution in [0.5, 0.6) is 0 Å². The van der Waals surface area contributed by atoms with Crippen molar-refractivity contribution in [1.82, 2.24) is 0 Å². The molecule has 0 rings (SSSR count). The summed E-state index contributed by atoms with van der Waals surface area (Å²) in [6.07, 6.45) is 65.6. The molecule has 0 heterocycles. The van der Waals surface area contributed by atoms with Crippen LogP contribution in [0.25, 0.3) is 0 Å². The van der Waals surface area contributed by atoms with E-state index in [0.717, 1.165) is 70.6 Å². The van der Waals surface area contributed by atoms with Crippen molar-refractivity contribution < 1.29 is 23.8 Å². The molecule has 0 aromatic heterocycles. The van der Waals surface area contributed by atoms with Crippen LogP contribution in [0.3, 0.4) is 0 Å². The number of carbonyl (C=O) groups excluding carboxylic acids is 2. The SMILES string of the molecule is CC/C=C\C/C=C\C/C=C\CCCCCCCC(=O)OCC(COCCCCCCCCCCCC/C=C\CCCCCCCC)OC(=O)CCCCCCCCCCCCC. The molecule has 0 aliphatic heterocycles. The predicted octanol–water partition coefficient (Wildman–Crippen LogP) is 18.3. The van der Waals surface area contributed by atoms with Crippen molar-refractivity contribution in [2.75, 3.05) is 19.8 Å².